The molecule has 2 atom stereocenters. The number of aromatic amines is 1. The number of aromatic nitrogens is 1. The first-order valence-corrected chi connectivity index (χ1v) is 6.97. The first-order chi connectivity index (χ1) is 10.1. The smallest absolute Gasteiger partial charge is 0.280 e. The highest BCUT2D eigenvalue weighted by atomic mass is 19.1. The van der Waals surface area contributed by atoms with Gasteiger partial charge in [0.15, 0.2) is 0 Å². The number of hydrogen-bond donors (Lipinski definition) is 2. The van der Waals surface area contributed by atoms with E-state index in [0.29, 0.717) is 17.7 Å². The summed E-state index contributed by atoms with van der Waals surface area (Å²) in [5, 5.41) is 5.59. The molecule has 0 aliphatic carbocycles. The van der Waals surface area contributed by atoms with Crippen molar-refractivity contribution in [3.63, 3.8) is 0 Å². The Hall–Kier alpha value is -1.95. The maximum absolute atomic E-state index is 13.7. The lowest BCUT2D eigenvalue weighted by atomic mass is 9.87. The van der Waals surface area contributed by atoms with Crippen molar-refractivity contribution in [1.82, 2.24) is 10.5 Å². The van der Waals surface area contributed by atoms with E-state index in [0.717, 1.165) is 31.5 Å². The summed E-state index contributed by atoms with van der Waals surface area (Å²) in [5.74, 6) is -0.0816. The van der Waals surface area contributed by atoms with Crippen LogP contribution in [0.1, 0.15) is 30.1 Å². The molecule has 1 aliphatic rings. The van der Waals surface area contributed by atoms with E-state index in [1.165, 1.54) is 12.1 Å². The fraction of sp³-hybridized carbons (Fsp3) is 0.400. The highest BCUT2D eigenvalue weighted by Gasteiger charge is 2.26. The number of piperidine rings is 1. The standard InChI is InChI=1S/C15H16F2N2O2/c16-11-1-2-13(17)10(5-11)7-12-6-9(3-4-18-12)14-8-15(20)19-21-14/h1-2,5,8-9,12,18H,3-4,6-7H2,(H,19,20)/t9-,12-/m1/s1. The SMILES string of the molecule is O=c1cc([C@@H]2CCN[C@@H](Cc3cc(F)ccc3F)C2)o[nH]1. The van der Waals surface area contributed by atoms with Crippen molar-refractivity contribution in [2.75, 3.05) is 6.54 Å². The van der Waals surface area contributed by atoms with Crippen molar-refractivity contribution < 1.29 is 13.3 Å². The van der Waals surface area contributed by atoms with Gasteiger partial charge in [0.25, 0.3) is 5.56 Å². The van der Waals surface area contributed by atoms with Crippen LogP contribution in [-0.2, 0) is 6.42 Å². The van der Waals surface area contributed by atoms with Crippen LogP contribution in [0.25, 0.3) is 0 Å². The topological polar surface area (TPSA) is 58.0 Å². The summed E-state index contributed by atoms with van der Waals surface area (Å²) in [7, 11) is 0. The Morgan fingerprint density at radius 2 is 2.14 bits per heavy atom. The number of halogens is 2. The predicted molar refractivity (Wildman–Crippen MR) is 73.2 cm³/mol. The van der Waals surface area contributed by atoms with Gasteiger partial charge in [0.05, 0.1) is 0 Å². The maximum Gasteiger partial charge on any atom is 0.280 e. The lowest BCUT2D eigenvalue weighted by Gasteiger charge is -2.29. The zero-order valence-corrected chi connectivity index (χ0v) is 11.4. The third kappa shape index (κ3) is 3.21. The van der Waals surface area contributed by atoms with Crippen molar-refractivity contribution in [2.45, 2.75) is 31.2 Å². The van der Waals surface area contributed by atoms with Gasteiger partial charge in [-0.2, -0.15) is 5.16 Å². The van der Waals surface area contributed by atoms with Crippen LogP contribution in [0.4, 0.5) is 8.78 Å². The van der Waals surface area contributed by atoms with Crippen molar-refractivity contribution in [2.24, 2.45) is 0 Å². The van der Waals surface area contributed by atoms with E-state index in [-0.39, 0.29) is 17.5 Å². The molecule has 3 rings (SSSR count). The van der Waals surface area contributed by atoms with Crippen molar-refractivity contribution in [3.8, 4) is 0 Å². The Bertz CT molecular complexity index is 680. The molecule has 1 aromatic carbocycles. The summed E-state index contributed by atoms with van der Waals surface area (Å²) in [6.07, 6.45) is 1.98. The van der Waals surface area contributed by atoms with Crippen LogP contribution in [0.2, 0.25) is 0 Å². The molecule has 0 spiro atoms. The fourth-order valence-corrected chi connectivity index (χ4v) is 2.88. The summed E-state index contributed by atoms with van der Waals surface area (Å²) < 4.78 is 32.0. The Morgan fingerprint density at radius 1 is 1.29 bits per heavy atom. The van der Waals surface area contributed by atoms with Crippen molar-refractivity contribution in [1.29, 1.82) is 0 Å². The van der Waals surface area contributed by atoms with Gasteiger partial charge in [0.2, 0.25) is 0 Å². The van der Waals surface area contributed by atoms with Crippen LogP contribution in [-0.4, -0.2) is 17.7 Å². The molecule has 1 saturated heterocycles. The quantitative estimate of drug-likeness (QED) is 0.913. The van der Waals surface area contributed by atoms with Gasteiger partial charge in [-0.1, -0.05) is 0 Å². The molecule has 6 heteroatoms. The Labute approximate surface area is 120 Å². The highest BCUT2D eigenvalue weighted by molar-refractivity contribution is 5.20. The van der Waals surface area contributed by atoms with E-state index in [1.807, 2.05) is 0 Å². The second kappa shape index (κ2) is 5.81. The Kier molecular flexibility index (Phi) is 3.88. The van der Waals surface area contributed by atoms with E-state index in [4.69, 9.17) is 4.52 Å². The second-order valence-corrected chi connectivity index (χ2v) is 5.43. The molecule has 2 aromatic rings. The van der Waals surface area contributed by atoms with Gasteiger partial charge in [-0.3, -0.25) is 4.79 Å². The largest absolute Gasteiger partial charge is 0.383 e. The summed E-state index contributed by atoms with van der Waals surface area (Å²) in [6.45, 7) is 0.751. The number of rotatable bonds is 3. The summed E-state index contributed by atoms with van der Waals surface area (Å²) in [6, 6.07) is 4.98. The molecule has 0 amide bonds. The average Bonchev–Trinajstić information content (AvgIpc) is 2.90. The van der Waals surface area contributed by atoms with Gasteiger partial charge in [-0.05, 0) is 49.6 Å². The highest BCUT2D eigenvalue weighted by Crippen LogP contribution is 2.28. The Balaban J connectivity index is 1.71. The Morgan fingerprint density at radius 3 is 2.90 bits per heavy atom. The second-order valence-electron chi connectivity index (χ2n) is 5.43. The predicted octanol–water partition coefficient (Wildman–Crippen LogP) is 2.32. The number of H-pyrrole nitrogens is 1. The molecule has 4 nitrogen and oxygen atoms in total. The molecule has 21 heavy (non-hydrogen) atoms. The van der Waals surface area contributed by atoms with Gasteiger partial charge in [-0.15, -0.1) is 0 Å². The third-order valence-electron chi connectivity index (χ3n) is 3.91. The molecule has 2 heterocycles. The molecule has 2 N–H and O–H groups in total. The summed E-state index contributed by atoms with van der Waals surface area (Å²) in [5.41, 5.74) is 0.111. The lowest BCUT2D eigenvalue weighted by Crippen LogP contribution is -2.38. The van der Waals surface area contributed by atoms with Gasteiger partial charge in [0.1, 0.15) is 17.4 Å². The monoisotopic (exact) mass is 294 g/mol. The van der Waals surface area contributed by atoms with E-state index in [9.17, 15) is 13.6 Å². The van der Waals surface area contributed by atoms with E-state index >= 15 is 0 Å². The number of benzene rings is 1. The summed E-state index contributed by atoms with van der Waals surface area (Å²) >= 11 is 0. The molecule has 1 aliphatic heterocycles. The lowest BCUT2D eigenvalue weighted by molar-refractivity contribution is 0.291. The third-order valence-corrected chi connectivity index (χ3v) is 3.91. The van der Waals surface area contributed by atoms with Crippen LogP contribution in [0, 0.1) is 11.6 Å². The van der Waals surface area contributed by atoms with Crippen molar-refractivity contribution in [3.05, 3.63) is 57.6 Å². The molecule has 0 saturated carbocycles. The molecule has 1 fully saturated rings. The van der Waals surface area contributed by atoms with E-state index < -0.39 is 11.6 Å². The minimum Gasteiger partial charge on any atom is -0.383 e. The first kappa shape index (κ1) is 14.0. The van der Waals surface area contributed by atoms with E-state index in [2.05, 4.69) is 10.5 Å². The molecule has 1 aromatic heterocycles. The first-order valence-electron chi connectivity index (χ1n) is 6.97. The van der Waals surface area contributed by atoms with Crippen LogP contribution < -0.4 is 10.9 Å². The van der Waals surface area contributed by atoms with Crippen LogP contribution in [0.3, 0.4) is 0 Å². The number of hydrogen-bond acceptors (Lipinski definition) is 3. The molecular formula is C15H16F2N2O2. The normalized spacial score (nSPS) is 22.4. The average molecular weight is 294 g/mol. The zero-order valence-electron chi connectivity index (χ0n) is 11.4. The fourth-order valence-electron chi connectivity index (χ4n) is 2.88. The minimum absolute atomic E-state index is 0.0280. The molecule has 0 radical (unpaired) electrons. The van der Waals surface area contributed by atoms with Gasteiger partial charge >= 0.3 is 0 Å². The van der Waals surface area contributed by atoms with Crippen LogP contribution >= 0.6 is 0 Å². The van der Waals surface area contributed by atoms with E-state index in [1.54, 1.807) is 0 Å². The molecular weight excluding hydrogens is 278 g/mol. The molecule has 0 bridgehead atoms. The molecule has 112 valence electrons. The molecule has 0 unspecified atom stereocenters. The van der Waals surface area contributed by atoms with Crippen LogP contribution in [0.15, 0.2) is 33.6 Å². The minimum atomic E-state index is -0.435. The van der Waals surface area contributed by atoms with Crippen LogP contribution in [0.5, 0.6) is 0 Å². The number of nitrogens with one attached hydrogen (secondary N) is 2. The van der Waals surface area contributed by atoms with Crippen molar-refractivity contribution >= 4 is 0 Å². The maximum atomic E-state index is 13.7. The summed E-state index contributed by atoms with van der Waals surface area (Å²) in [4.78, 5) is 11.1. The van der Waals surface area contributed by atoms with Gasteiger partial charge in [0, 0.05) is 18.0 Å². The van der Waals surface area contributed by atoms with Gasteiger partial charge in [-0.25, -0.2) is 8.78 Å². The zero-order chi connectivity index (χ0) is 14.8. The van der Waals surface area contributed by atoms with Gasteiger partial charge < -0.3 is 9.84 Å².